The average molecular weight is 502 g/mol. The Morgan fingerprint density at radius 1 is 0.919 bits per heavy atom. The van der Waals surface area contributed by atoms with Crippen molar-refractivity contribution in [1.29, 1.82) is 0 Å². The van der Waals surface area contributed by atoms with Gasteiger partial charge in [-0.2, -0.15) is 0 Å². The second-order valence-electron chi connectivity index (χ2n) is 8.20. The third kappa shape index (κ3) is 5.28. The number of rotatable bonds is 9. The number of carbonyl (C=O) groups is 2. The van der Waals surface area contributed by atoms with E-state index < -0.39 is 5.97 Å². The molecule has 37 heavy (non-hydrogen) atoms. The van der Waals surface area contributed by atoms with Crippen molar-refractivity contribution in [2.75, 3.05) is 21.3 Å². The first-order valence-electron chi connectivity index (χ1n) is 11.4. The number of aliphatic carboxylic acids is 1. The van der Waals surface area contributed by atoms with E-state index in [2.05, 4.69) is 0 Å². The van der Waals surface area contributed by atoms with E-state index in [1.807, 2.05) is 30.3 Å². The molecule has 8 heteroatoms. The molecule has 190 valence electrons. The maximum atomic E-state index is 12.4. The van der Waals surface area contributed by atoms with Gasteiger partial charge in [0.25, 0.3) is 0 Å². The number of carboxylic acids is 1. The van der Waals surface area contributed by atoms with Crippen LogP contribution in [0.5, 0.6) is 23.0 Å². The molecule has 1 N–H and O–H groups in total. The molecule has 1 aromatic heterocycles. The van der Waals surface area contributed by atoms with Gasteiger partial charge in [0, 0.05) is 24.1 Å². The van der Waals surface area contributed by atoms with Gasteiger partial charge in [-0.1, -0.05) is 30.3 Å². The molecular weight excluding hydrogens is 474 g/mol. The molecule has 0 atom stereocenters. The Balaban J connectivity index is 1.83. The minimum atomic E-state index is -1.16. The van der Waals surface area contributed by atoms with E-state index in [9.17, 15) is 14.7 Å². The Hall–Kier alpha value is -4.72. The molecule has 0 spiro atoms. The second-order valence-corrected chi connectivity index (χ2v) is 8.20. The summed E-state index contributed by atoms with van der Waals surface area (Å²) in [6, 6.07) is 18.3. The standard InChI is InChI=1S/C29H27NO7/c1-18(31)30-16-21(23-15-22(10-11-25(23)30)37-17-19-8-6-5-7-9-19)12-24(29(32)33)20-13-26(34-2)28(36-4)27(14-20)35-3/h5-16H,17H2,1-4H3,(H,32,33)/b24-12+. The van der Waals surface area contributed by atoms with E-state index in [1.54, 1.807) is 36.5 Å². The number of methoxy groups -OCH3 is 3. The number of nitrogens with zero attached hydrogens (tertiary/aromatic N) is 1. The minimum absolute atomic E-state index is 0.0162. The van der Waals surface area contributed by atoms with Gasteiger partial charge in [0.15, 0.2) is 11.5 Å². The van der Waals surface area contributed by atoms with Crippen molar-refractivity contribution >= 4 is 34.4 Å². The van der Waals surface area contributed by atoms with Gasteiger partial charge < -0.3 is 24.1 Å². The van der Waals surface area contributed by atoms with E-state index in [1.165, 1.54) is 38.9 Å². The van der Waals surface area contributed by atoms with Gasteiger partial charge in [-0.25, -0.2) is 4.79 Å². The molecule has 0 aliphatic heterocycles. The van der Waals surface area contributed by atoms with E-state index in [0.29, 0.717) is 51.6 Å². The van der Waals surface area contributed by atoms with Crippen LogP contribution in [0.4, 0.5) is 0 Å². The fraction of sp³-hybridized carbons (Fsp3) is 0.172. The fourth-order valence-corrected chi connectivity index (χ4v) is 4.10. The van der Waals surface area contributed by atoms with Crippen LogP contribution in [-0.2, 0) is 11.4 Å². The predicted octanol–water partition coefficient (Wildman–Crippen LogP) is 5.53. The van der Waals surface area contributed by atoms with Gasteiger partial charge >= 0.3 is 5.97 Å². The van der Waals surface area contributed by atoms with Gasteiger partial charge in [-0.3, -0.25) is 9.36 Å². The lowest BCUT2D eigenvalue weighted by Crippen LogP contribution is -2.03. The monoisotopic (exact) mass is 501 g/mol. The van der Waals surface area contributed by atoms with Crippen LogP contribution >= 0.6 is 0 Å². The Labute approximate surface area is 214 Å². The van der Waals surface area contributed by atoms with E-state index in [-0.39, 0.29) is 11.5 Å². The minimum Gasteiger partial charge on any atom is -0.493 e. The molecule has 0 amide bonds. The summed E-state index contributed by atoms with van der Waals surface area (Å²) < 4.78 is 23.6. The number of aromatic nitrogens is 1. The average Bonchev–Trinajstić information content (AvgIpc) is 3.28. The third-order valence-electron chi connectivity index (χ3n) is 5.90. The summed E-state index contributed by atoms with van der Waals surface area (Å²) in [5.74, 6) is 0.240. The van der Waals surface area contributed by atoms with Crippen molar-refractivity contribution in [1.82, 2.24) is 4.57 Å². The van der Waals surface area contributed by atoms with Crippen molar-refractivity contribution in [2.24, 2.45) is 0 Å². The van der Waals surface area contributed by atoms with Crippen LogP contribution < -0.4 is 18.9 Å². The number of benzene rings is 3. The van der Waals surface area contributed by atoms with Crippen LogP contribution in [0.1, 0.15) is 28.4 Å². The quantitative estimate of drug-likeness (QED) is 0.301. The highest BCUT2D eigenvalue weighted by atomic mass is 16.5. The summed E-state index contributed by atoms with van der Waals surface area (Å²) in [6.45, 7) is 1.82. The summed E-state index contributed by atoms with van der Waals surface area (Å²) in [7, 11) is 4.40. The molecule has 0 aliphatic rings. The topological polar surface area (TPSA) is 96.2 Å². The molecule has 4 rings (SSSR count). The lowest BCUT2D eigenvalue weighted by atomic mass is 10.0. The Morgan fingerprint density at radius 3 is 2.16 bits per heavy atom. The first kappa shape index (κ1) is 25.4. The van der Waals surface area contributed by atoms with Crippen molar-refractivity contribution in [2.45, 2.75) is 13.5 Å². The number of hydrogen-bond acceptors (Lipinski definition) is 6. The van der Waals surface area contributed by atoms with Crippen molar-refractivity contribution < 1.29 is 33.6 Å². The SMILES string of the molecule is COc1cc(/C(=C\c2cn(C(C)=O)c3ccc(OCc4ccccc4)cc23)C(=O)O)cc(OC)c1OC. The zero-order chi connectivity index (χ0) is 26.5. The van der Waals surface area contributed by atoms with Crippen LogP contribution in [0.25, 0.3) is 22.6 Å². The molecule has 0 fully saturated rings. The molecule has 0 bridgehead atoms. The molecule has 8 nitrogen and oxygen atoms in total. The van der Waals surface area contributed by atoms with Gasteiger partial charge in [0.2, 0.25) is 11.7 Å². The summed E-state index contributed by atoms with van der Waals surface area (Å²) in [6.07, 6.45) is 3.14. The largest absolute Gasteiger partial charge is 0.493 e. The highest BCUT2D eigenvalue weighted by molar-refractivity contribution is 6.22. The first-order valence-corrected chi connectivity index (χ1v) is 11.4. The molecule has 4 aromatic rings. The van der Waals surface area contributed by atoms with Crippen molar-refractivity contribution in [3.8, 4) is 23.0 Å². The van der Waals surface area contributed by atoms with Crippen LogP contribution in [0.2, 0.25) is 0 Å². The summed E-state index contributed by atoms with van der Waals surface area (Å²) >= 11 is 0. The summed E-state index contributed by atoms with van der Waals surface area (Å²) in [5.41, 5.74) is 2.53. The van der Waals surface area contributed by atoms with E-state index in [0.717, 1.165) is 5.56 Å². The van der Waals surface area contributed by atoms with Gasteiger partial charge in [0.1, 0.15) is 12.4 Å². The van der Waals surface area contributed by atoms with E-state index in [4.69, 9.17) is 18.9 Å². The Morgan fingerprint density at radius 2 is 1.59 bits per heavy atom. The second kappa shape index (κ2) is 10.9. The van der Waals surface area contributed by atoms with E-state index >= 15 is 0 Å². The van der Waals surface area contributed by atoms with Crippen LogP contribution in [0.15, 0.2) is 66.9 Å². The molecule has 0 saturated heterocycles. The number of ether oxygens (including phenoxy) is 4. The molecule has 0 saturated carbocycles. The van der Waals surface area contributed by atoms with Crippen molar-refractivity contribution in [3.63, 3.8) is 0 Å². The number of hydrogen-bond donors (Lipinski definition) is 1. The number of carboxylic acid groups (broad SMARTS) is 1. The number of carbonyl (C=O) groups excluding carboxylic acids is 1. The zero-order valence-electron chi connectivity index (χ0n) is 21.0. The molecule has 0 radical (unpaired) electrons. The third-order valence-corrected chi connectivity index (χ3v) is 5.90. The Kier molecular flexibility index (Phi) is 7.48. The molecule has 3 aromatic carbocycles. The number of fused-ring (bicyclic) bond motifs is 1. The van der Waals surface area contributed by atoms with Crippen LogP contribution in [0, 0.1) is 0 Å². The van der Waals surface area contributed by atoms with Crippen LogP contribution in [0.3, 0.4) is 0 Å². The fourth-order valence-electron chi connectivity index (χ4n) is 4.10. The first-order chi connectivity index (χ1) is 17.9. The molecule has 0 aliphatic carbocycles. The van der Waals surface area contributed by atoms with Gasteiger partial charge in [0.05, 0.1) is 32.4 Å². The molecule has 0 unspecified atom stereocenters. The maximum Gasteiger partial charge on any atom is 0.336 e. The predicted molar refractivity (Wildman–Crippen MR) is 141 cm³/mol. The zero-order valence-corrected chi connectivity index (χ0v) is 21.0. The smallest absolute Gasteiger partial charge is 0.336 e. The van der Waals surface area contributed by atoms with Crippen molar-refractivity contribution in [3.05, 3.63) is 83.6 Å². The normalized spacial score (nSPS) is 11.3. The van der Waals surface area contributed by atoms with Gasteiger partial charge in [-0.05, 0) is 47.5 Å². The lowest BCUT2D eigenvalue weighted by molar-refractivity contribution is -0.130. The highest BCUT2D eigenvalue weighted by Crippen LogP contribution is 2.40. The summed E-state index contributed by atoms with van der Waals surface area (Å²) in [4.78, 5) is 24.7. The summed E-state index contributed by atoms with van der Waals surface area (Å²) in [5, 5.41) is 10.8. The maximum absolute atomic E-state index is 12.4. The van der Waals surface area contributed by atoms with Crippen LogP contribution in [-0.4, -0.2) is 42.9 Å². The lowest BCUT2D eigenvalue weighted by Gasteiger charge is -2.14. The Bertz CT molecular complexity index is 1460. The molecular formula is C29H27NO7. The van der Waals surface area contributed by atoms with Gasteiger partial charge in [-0.15, -0.1) is 0 Å². The highest BCUT2D eigenvalue weighted by Gasteiger charge is 2.20. The molecule has 1 heterocycles.